The van der Waals surface area contributed by atoms with Crippen LogP contribution in [0.4, 0.5) is 11.4 Å². The molecule has 0 fully saturated rings. The Morgan fingerprint density at radius 3 is 2.94 bits per heavy atom. The maximum Gasteiger partial charge on any atom is 0.277 e. The Hall–Kier alpha value is -1.89. The lowest BCUT2D eigenvalue weighted by Gasteiger charge is -2.04. The summed E-state index contributed by atoms with van der Waals surface area (Å²) in [6, 6.07) is 5.15. The fourth-order valence-electron chi connectivity index (χ4n) is 1.13. The van der Waals surface area contributed by atoms with Gasteiger partial charge in [-0.3, -0.25) is 4.79 Å². The van der Waals surface area contributed by atoms with Crippen LogP contribution in [-0.4, -0.2) is 21.3 Å². The van der Waals surface area contributed by atoms with Crippen LogP contribution in [0.2, 0.25) is 0 Å². The molecular formula is C9H8BrN5O. The number of nitrogens with zero attached hydrogens (tertiary/aromatic N) is 2. The van der Waals surface area contributed by atoms with Gasteiger partial charge in [0.1, 0.15) is 0 Å². The third kappa shape index (κ3) is 2.19. The molecule has 0 saturated heterocycles. The normalized spacial score (nSPS) is 10.1. The number of benzene rings is 1. The topological polar surface area (TPSA) is 96.7 Å². The van der Waals surface area contributed by atoms with Crippen LogP contribution in [-0.2, 0) is 0 Å². The first-order chi connectivity index (χ1) is 7.66. The summed E-state index contributed by atoms with van der Waals surface area (Å²) in [5.41, 5.74) is 7.07. The zero-order valence-corrected chi connectivity index (χ0v) is 9.65. The van der Waals surface area contributed by atoms with Crippen LogP contribution in [0.25, 0.3) is 0 Å². The van der Waals surface area contributed by atoms with Gasteiger partial charge in [-0.25, -0.2) is 0 Å². The maximum atomic E-state index is 11.6. The van der Waals surface area contributed by atoms with Gasteiger partial charge < -0.3 is 11.1 Å². The third-order valence-electron chi connectivity index (χ3n) is 1.90. The van der Waals surface area contributed by atoms with E-state index in [1.54, 1.807) is 18.2 Å². The first-order valence-electron chi connectivity index (χ1n) is 4.39. The van der Waals surface area contributed by atoms with Gasteiger partial charge in [0.2, 0.25) is 0 Å². The molecule has 0 saturated carbocycles. The number of carbonyl (C=O) groups is 1. The number of halogens is 1. The molecule has 82 valence electrons. The van der Waals surface area contributed by atoms with E-state index in [1.165, 1.54) is 6.20 Å². The number of H-pyrrole nitrogens is 1. The van der Waals surface area contributed by atoms with Crippen molar-refractivity contribution in [1.82, 2.24) is 15.4 Å². The van der Waals surface area contributed by atoms with Crippen molar-refractivity contribution < 1.29 is 4.79 Å². The molecule has 7 heteroatoms. The van der Waals surface area contributed by atoms with Crippen molar-refractivity contribution in [3.8, 4) is 0 Å². The Labute approximate surface area is 99.4 Å². The number of nitrogens with two attached hydrogens (primary N) is 1. The largest absolute Gasteiger partial charge is 0.398 e. The van der Waals surface area contributed by atoms with Crippen LogP contribution in [0.3, 0.4) is 0 Å². The maximum absolute atomic E-state index is 11.6. The highest BCUT2D eigenvalue weighted by atomic mass is 79.9. The monoisotopic (exact) mass is 281 g/mol. The average Bonchev–Trinajstić information content (AvgIpc) is 2.77. The molecule has 1 aromatic heterocycles. The second-order valence-corrected chi connectivity index (χ2v) is 3.90. The zero-order chi connectivity index (χ0) is 11.5. The highest BCUT2D eigenvalue weighted by Crippen LogP contribution is 2.23. The highest BCUT2D eigenvalue weighted by molar-refractivity contribution is 9.10. The molecule has 0 aliphatic rings. The second kappa shape index (κ2) is 4.31. The van der Waals surface area contributed by atoms with Gasteiger partial charge in [0.05, 0.1) is 6.20 Å². The van der Waals surface area contributed by atoms with Crippen molar-refractivity contribution >= 4 is 33.2 Å². The smallest absolute Gasteiger partial charge is 0.277 e. The molecular weight excluding hydrogens is 274 g/mol. The van der Waals surface area contributed by atoms with E-state index in [0.29, 0.717) is 11.4 Å². The lowest BCUT2D eigenvalue weighted by molar-refractivity contribution is 0.102. The molecule has 0 spiro atoms. The van der Waals surface area contributed by atoms with Crippen LogP contribution in [0.5, 0.6) is 0 Å². The quantitative estimate of drug-likeness (QED) is 0.725. The van der Waals surface area contributed by atoms with E-state index in [2.05, 4.69) is 36.7 Å². The number of amides is 1. The van der Waals surface area contributed by atoms with Gasteiger partial charge in [-0.15, -0.1) is 0 Å². The molecule has 0 bridgehead atoms. The van der Waals surface area contributed by atoms with E-state index in [1.807, 2.05) is 0 Å². The molecule has 1 aromatic carbocycles. The first-order valence-corrected chi connectivity index (χ1v) is 5.18. The minimum atomic E-state index is -0.338. The van der Waals surface area contributed by atoms with E-state index >= 15 is 0 Å². The molecule has 16 heavy (non-hydrogen) atoms. The summed E-state index contributed by atoms with van der Waals surface area (Å²) in [5.74, 6) is -0.338. The standard InChI is InChI=1S/C9H8BrN5O/c10-6-2-1-5(3-7(6)11)13-9(16)8-4-12-15-14-8/h1-4H,11H2,(H,13,16)(H,12,14,15). The molecule has 2 rings (SSSR count). The van der Waals surface area contributed by atoms with Crippen LogP contribution >= 0.6 is 15.9 Å². The van der Waals surface area contributed by atoms with E-state index < -0.39 is 0 Å². The van der Waals surface area contributed by atoms with Gasteiger partial charge in [0.25, 0.3) is 5.91 Å². The third-order valence-corrected chi connectivity index (χ3v) is 2.62. The minimum absolute atomic E-state index is 0.224. The zero-order valence-electron chi connectivity index (χ0n) is 8.07. The van der Waals surface area contributed by atoms with Crippen molar-refractivity contribution in [3.05, 3.63) is 34.6 Å². The highest BCUT2D eigenvalue weighted by Gasteiger charge is 2.09. The number of carbonyl (C=O) groups excluding carboxylic acids is 1. The fourth-order valence-corrected chi connectivity index (χ4v) is 1.37. The van der Waals surface area contributed by atoms with Crippen LogP contribution < -0.4 is 11.1 Å². The molecule has 0 unspecified atom stereocenters. The molecule has 0 aliphatic heterocycles. The number of nitrogens with one attached hydrogen (secondary N) is 2. The summed E-state index contributed by atoms with van der Waals surface area (Å²) in [6.07, 6.45) is 1.34. The van der Waals surface area contributed by atoms with E-state index in [4.69, 9.17) is 5.73 Å². The number of aromatic amines is 1. The predicted octanol–water partition coefficient (Wildman–Crippen LogP) is 1.40. The molecule has 0 radical (unpaired) electrons. The molecule has 4 N–H and O–H groups in total. The van der Waals surface area contributed by atoms with Crippen molar-refractivity contribution in [2.24, 2.45) is 0 Å². The Morgan fingerprint density at radius 1 is 1.50 bits per heavy atom. The summed E-state index contributed by atoms with van der Waals surface area (Å²) in [5, 5.41) is 12.2. The number of nitrogen functional groups attached to an aromatic ring is 1. The molecule has 0 aliphatic carbocycles. The van der Waals surface area contributed by atoms with Gasteiger partial charge in [0, 0.05) is 15.8 Å². The Bertz CT molecular complexity index is 511. The summed E-state index contributed by atoms with van der Waals surface area (Å²) in [7, 11) is 0. The lowest BCUT2D eigenvalue weighted by Crippen LogP contribution is -2.12. The molecule has 6 nitrogen and oxygen atoms in total. The van der Waals surface area contributed by atoms with Crippen LogP contribution in [0, 0.1) is 0 Å². The van der Waals surface area contributed by atoms with Crippen LogP contribution in [0.15, 0.2) is 28.9 Å². The van der Waals surface area contributed by atoms with E-state index in [-0.39, 0.29) is 11.6 Å². The molecule has 1 amide bonds. The van der Waals surface area contributed by atoms with Gasteiger partial charge in [-0.2, -0.15) is 15.4 Å². The number of hydrogen-bond acceptors (Lipinski definition) is 4. The summed E-state index contributed by atoms with van der Waals surface area (Å²) in [6.45, 7) is 0. The summed E-state index contributed by atoms with van der Waals surface area (Å²) >= 11 is 3.27. The summed E-state index contributed by atoms with van der Waals surface area (Å²) in [4.78, 5) is 11.6. The van der Waals surface area contributed by atoms with Crippen LogP contribution in [0.1, 0.15) is 10.5 Å². The number of aromatic nitrogens is 3. The van der Waals surface area contributed by atoms with Gasteiger partial charge in [-0.05, 0) is 34.1 Å². The van der Waals surface area contributed by atoms with Crippen molar-refractivity contribution in [3.63, 3.8) is 0 Å². The van der Waals surface area contributed by atoms with Crippen molar-refractivity contribution in [2.45, 2.75) is 0 Å². The average molecular weight is 282 g/mol. The van der Waals surface area contributed by atoms with E-state index in [9.17, 15) is 4.79 Å². The number of hydrogen-bond donors (Lipinski definition) is 3. The van der Waals surface area contributed by atoms with Gasteiger partial charge >= 0.3 is 0 Å². The second-order valence-electron chi connectivity index (χ2n) is 3.05. The minimum Gasteiger partial charge on any atom is -0.398 e. The molecule has 0 atom stereocenters. The number of rotatable bonds is 2. The SMILES string of the molecule is Nc1cc(NC(=O)c2cn[nH]n2)ccc1Br. The Balaban J connectivity index is 2.15. The number of anilines is 2. The first kappa shape index (κ1) is 10.6. The lowest BCUT2D eigenvalue weighted by atomic mass is 10.3. The molecule has 2 aromatic rings. The summed E-state index contributed by atoms with van der Waals surface area (Å²) < 4.78 is 0.784. The Kier molecular flexibility index (Phi) is 2.86. The molecule has 1 heterocycles. The van der Waals surface area contributed by atoms with Gasteiger partial charge in [0.15, 0.2) is 5.69 Å². The van der Waals surface area contributed by atoms with E-state index in [0.717, 1.165) is 4.47 Å². The van der Waals surface area contributed by atoms with Crippen molar-refractivity contribution in [2.75, 3.05) is 11.1 Å². The Morgan fingerprint density at radius 2 is 2.31 bits per heavy atom. The van der Waals surface area contributed by atoms with Gasteiger partial charge in [-0.1, -0.05) is 0 Å². The fraction of sp³-hybridized carbons (Fsp3) is 0. The van der Waals surface area contributed by atoms with Crippen molar-refractivity contribution in [1.29, 1.82) is 0 Å². The predicted molar refractivity (Wildman–Crippen MR) is 62.9 cm³/mol.